The van der Waals surface area contributed by atoms with Crippen LogP contribution in [0.4, 0.5) is 14.5 Å². The number of benzene rings is 1. The van der Waals surface area contributed by atoms with Gasteiger partial charge in [0.15, 0.2) is 0 Å². The summed E-state index contributed by atoms with van der Waals surface area (Å²) in [4.78, 5) is 30.3. The molecule has 31 heavy (non-hydrogen) atoms. The number of hydrogen-bond acceptors (Lipinski definition) is 5. The van der Waals surface area contributed by atoms with E-state index >= 15 is 0 Å². The fourth-order valence-electron chi connectivity index (χ4n) is 3.93. The van der Waals surface area contributed by atoms with Crippen LogP contribution in [0.5, 0.6) is 0 Å². The molecule has 1 fully saturated rings. The highest BCUT2D eigenvalue weighted by molar-refractivity contribution is 5.95. The Balaban J connectivity index is 1.61. The van der Waals surface area contributed by atoms with E-state index in [0.717, 1.165) is 24.2 Å². The number of esters is 1. The lowest BCUT2D eigenvalue weighted by Gasteiger charge is -2.27. The summed E-state index contributed by atoms with van der Waals surface area (Å²) in [5.41, 5.74) is 1.89. The lowest BCUT2D eigenvalue weighted by Crippen LogP contribution is -2.31. The van der Waals surface area contributed by atoms with Crippen molar-refractivity contribution in [2.45, 2.75) is 25.8 Å². The minimum atomic E-state index is -0.526. The van der Waals surface area contributed by atoms with Gasteiger partial charge in [-0.05, 0) is 50.1 Å². The van der Waals surface area contributed by atoms with E-state index in [9.17, 15) is 18.4 Å². The van der Waals surface area contributed by atoms with Crippen LogP contribution in [-0.2, 0) is 9.53 Å². The monoisotopic (exact) mass is 428 g/mol. The lowest BCUT2D eigenvalue weighted by molar-refractivity contribution is -0.141. The van der Waals surface area contributed by atoms with E-state index in [1.807, 2.05) is 11.0 Å². The van der Waals surface area contributed by atoms with E-state index in [-0.39, 0.29) is 24.9 Å². The number of fused-ring (bicyclic) bond motifs is 1. The Labute approximate surface area is 177 Å². The van der Waals surface area contributed by atoms with Gasteiger partial charge in [0.2, 0.25) is 0 Å². The first-order valence-corrected chi connectivity index (χ1v) is 10.1. The van der Waals surface area contributed by atoms with E-state index in [1.165, 1.54) is 12.3 Å². The summed E-state index contributed by atoms with van der Waals surface area (Å²) < 4.78 is 34.6. The number of ether oxygens (including phenoxy) is 1. The van der Waals surface area contributed by atoms with Crippen LogP contribution in [0.1, 0.15) is 41.9 Å². The van der Waals surface area contributed by atoms with Crippen molar-refractivity contribution < 1.29 is 23.1 Å². The fourth-order valence-corrected chi connectivity index (χ4v) is 3.93. The van der Waals surface area contributed by atoms with E-state index < -0.39 is 23.5 Å². The molecule has 0 saturated carbocycles. The second-order valence-corrected chi connectivity index (χ2v) is 7.26. The first-order chi connectivity index (χ1) is 15.0. The van der Waals surface area contributed by atoms with Gasteiger partial charge in [-0.25, -0.2) is 13.8 Å². The zero-order valence-electron chi connectivity index (χ0n) is 17.0. The summed E-state index contributed by atoms with van der Waals surface area (Å²) in [7, 11) is 0. The highest BCUT2D eigenvalue weighted by Gasteiger charge is 2.29. The van der Waals surface area contributed by atoms with Crippen LogP contribution in [0, 0.1) is 11.6 Å². The molecule has 0 bridgehead atoms. The number of carbonyl (C=O) groups excluding carboxylic acids is 2. The van der Waals surface area contributed by atoms with Gasteiger partial charge in [0.05, 0.1) is 24.5 Å². The van der Waals surface area contributed by atoms with Gasteiger partial charge in [-0.15, -0.1) is 0 Å². The average Bonchev–Trinajstić information content (AvgIpc) is 3.40. The number of hydrogen-bond donors (Lipinski definition) is 1. The van der Waals surface area contributed by atoms with Crippen molar-refractivity contribution in [3.63, 3.8) is 0 Å². The number of anilines is 1. The van der Waals surface area contributed by atoms with Crippen molar-refractivity contribution in [2.75, 3.05) is 24.6 Å². The van der Waals surface area contributed by atoms with Gasteiger partial charge < -0.3 is 15.0 Å². The molecule has 0 aliphatic carbocycles. The molecule has 7 nitrogen and oxygen atoms in total. The number of pyridine rings is 1. The van der Waals surface area contributed by atoms with Crippen LogP contribution in [0.25, 0.3) is 5.65 Å². The maximum atomic E-state index is 14.4. The Morgan fingerprint density at radius 2 is 2.10 bits per heavy atom. The predicted octanol–water partition coefficient (Wildman–Crippen LogP) is 3.25. The average molecular weight is 428 g/mol. The summed E-state index contributed by atoms with van der Waals surface area (Å²) >= 11 is 0. The maximum absolute atomic E-state index is 14.4. The number of aromatic nitrogens is 2. The fraction of sp³-hybridized carbons (Fsp3) is 0.318. The number of imidazole rings is 1. The minimum absolute atomic E-state index is 0.233. The number of halogens is 2. The van der Waals surface area contributed by atoms with Crippen LogP contribution < -0.4 is 10.2 Å². The largest absolute Gasteiger partial charge is 0.465 e. The number of nitrogens with zero attached hydrogens (tertiary/aromatic N) is 3. The first-order valence-electron chi connectivity index (χ1n) is 10.1. The molecule has 162 valence electrons. The third kappa shape index (κ3) is 4.21. The number of carbonyl (C=O) groups is 2. The summed E-state index contributed by atoms with van der Waals surface area (Å²) in [5.74, 6) is -1.91. The maximum Gasteiger partial charge on any atom is 0.325 e. The SMILES string of the molecule is CCOC(=O)CNC(=O)c1cnc2ccc(N3CCC[C@@H]3c3cc(F)ccc3F)cn12. The van der Waals surface area contributed by atoms with Gasteiger partial charge in [0.25, 0.3) is 5.91 Å². The lowest BCUT2D eigenvalue weighted by atomic mass is 10.0. The van der Waals surface area contributed by atoms with E-state index in [4.69, 9.17) is 4.74 Å². The number of rotatable bonds is 6. The number of nitrogens with one attached hydrogen (secondary N) is 1. The Hall–Kier alpha value is -3.49. The minimum Gasteiger partial charge on any atom is -0.465 e. The molecule has 1 atom stereocenters. The zero-order valence-corrected chi connectivity index (χ0v) is 17.0. The molecule has 0 spiro atoms. The van der Waals surface area contributed by atoms with Gasteiger partial charge in [-0.1, -0.05) is 0 Å². The van der Waals surface area contributed by atoms with Crippen molar-refractivity contribution in [2.24, 2.45) is 0 Å². The second kappa shape index (κ2) is 8.71. The summed E-state index contributed by atoms with van der Waals surface area (Å²) in [5, 5.41) is 2.52. The van der Waals surface area contributed by atoms with Crippen LogP contribution in [0.2, 0.25) is 0 Å². The molecule has 9 heteroatoms. The molecule has 0 radical (unpaired) electrons. The molecule has 1 N–H and O–H groups in total. The van der Waals surface area contributed by atoms with Crippen LogP contribution in [0.15, 0.2) is 42.7 Å². The van der Waals surface area contributed by atoms with Gasteiger partial charge in [-0.2, -0.15) is 0 Å². The number of amides is 1. The molecular weight excluding hydrogens is 406 g/mol. The predicted molar refractivity (Wildman–Crippen MR) is 110 cm³/mol. The molecule has 1 saturated heterocycles. The smallest absolute Gasteiger partial charge is 0.325 e. The van der Waals surface area contributed by atoms with E-state index in [1.54, 1.807) is 23.6 Å². The second-order valence-electron chi connectivity index (χ2n) is 7.26. The Morgan fingerprint density at radius 1 is 1.26 bits per heavy atom. The third-order valence-electron chi connectivity index (χ3n) is 5.32. The third-order valence-corrected chi connectivity index (χ3v) is 5.32. The Kier molecular flexibility index (Phi) is 5.83. The molecule has 3 aromatic rings. The molecule has 0 unspecified atom stereocenters. The first kappa shape index (κ1) is 20.8. The Bertz CT molecular complexity index is 1130. The molecular formula is C22H22F2N4O3. The van der Waals surface area contributed by atoms with Gasteiger partial charge in [0, 0.05) is 18.3 Å². The van der Waals surface area contributed by atoms with Crippen molar-refractivity contribution in [1.29, 1.82) is 0 Å². The molecule has 1 amide bonds. The van der Waals surface area contributed by atoms with Gasteiger partial charge >= 0.3 is 5.97 Å². The molecule has 2 aromatic heterocycles. The standard InChI is InChI=1S/C22H22F2N4O3/c1-2-31-21(29)12-26-22(30)19-11-25-20-8-6-15(13-28(19)20)27-9-3-4-18(27)16-10-14(23)5-7-17(16)24/h5-8,10-11,13,18H,2-4,9,12H2,1H3,(H,26,30)/t18-/m1/s1. The van der Waals surface area contributed by atoms with Crippen LogP contribution >= 0.6 is 0 Å². The molecule has 1 aromatic carbocycles. The van der Waals surface area contributed by atoms with Crippen molar-refractivity contribution in [3.05, 3.63) is 65.6 Å². The highest BCUT2D eigenvalue weighted by atomic mass is 19.1. The summed E-state index contributed by atoms with van der Waals surface area (Å²) in [6.45, 7) is 2.35. The Morgan fingerprint density at radius 3 is 2.90 bits per heavy atom. The topological polar surface area (TPSA) is 75.9 Å². The van der Waals surface area contributed by atoms with Crippen LogP contribution in [-0.4, -0.2) is 41.0 Å². The van der Waals surface area contributed by atoms with Crippen molar-refractivity contribution in [1.82, 2.24) is 14.7 Å². The quantitative estimate of drug-likeness (QED) is 0.610. The zero-order chi connectivity index (χ0) is 22.0. The van der Waals surface area contributed by atoms with Gasteiger partial charge in [-0.3, -0.25) is 14.0 Å². The highest BCUT2D eigenvalue weighted by Crippen LogP contribution is 2.37. The molecule has 1 aliphatic heterocycles. The van der Waals surface area contributed by atoms with E-state index in [0.29, 0.717) is 24.2 Å². The molecule has 3 heterocycles. The van der Waals surface area contributed by atoms with Gasteiger partial charge in [0.1, 0.15) is 29.5 Å². The normalized spacial score (nSPS) is 16.0. The van der Waals surface area contributed by atoms with E-state index in [2.05, 4.69) is 10.3 Å². The van der Waals surface area contributed by atoms with Crippen molar-refractivity contribution in [3.8, 4) is 0 Å². The molecule has 1 aliphatic rings. The van der Waals surface area contributed by atoms with Crippen LogP contribution in [0.3, 0.4) is 0 Å². The molecule has 4 rings (SSSR count). The van der Waals surface area contributed by atoms with Crippen molar-refractivity contribution >= 4 is 23.2 Å². The summed E-state index contributed by atoms with van der Waals surface area (Å²) in [6, 6.07) is 6.79. The summed E-state index contributed by atoms with van der Waals surface area (Å²) in [6.07, 6.45) is 4.69.